The number of H-pyrrole nitrogens is 1. The number of aromatic amines is 1. The van der Waals surface area contributed by atoms with E-state index in [-0.39, 0.29) is 5.41 Å². The van der Waals surface area contributed by atoms with Crippen molar-refractivity contribution >= 4 is 11.0 Å². The number of imidazole rings is 1. The number of fused-ring (bicyclic) bond motifs is 1. The predicted molar refractivity (Wildman–Crippen MR) is 74.6 cm³/mol. The van der Waals surface area contributed by atoms with E-state index in [1.165, 1.54) is 18.4 Å². The van der Waals surface area contributed by atoms with Gasteiger partial charge >= 0.3 is 0 Å². The van der Waals surface area contributed by atoms with Crippen LogP contribution < -0.4 is 5.32 Å². The molecule has 0 aliphatic carbocycles. The Labute approximate surface area is 108 Å². The molecule has 0 bridgehead atoms. The molecule has 1 saturated heterocycles. The van der Waals surface area contributed by atoms with Crippen molar-refractivity contribution in [3.63, 3.8) is 0 Å². The fraction of sp³-hybridized carbons (Fsp3) is 0.533. The van der Waals surface area contributed by atoms with Gasteiger partial charge in [-0.1, -0.05) is 26.0 Å². The van der Waals surface area contributed by atoms with Crippen LogP contribution in [0.2, 0.25) is 0 Å². The first-order valence-electron chi connectivity index (χ1n) is 6.76. The van der Waals surface area contributed by atoms with Gasteiger partial charge in [-0.2, -0.15) is 0 Å². The van der Waals surface area contributed by atoms with Gasteiger partial charge in [0.2, 0.25) is 0 Å². The molecule has 2 aromatic rings. The Kier molecular flexibility index (Phi) is 2.67. The lowest BCUT2D eigenvalue weighted by Crippen LogP contribution is -2.40. The molecule has 0 radical (unpaired) electrons. The largest absolute Gasteiger partial charge is 0.341 e. The Morgan fingerprint density at radius 1 is 1.33 bits per heavy atom. The smallest absolute Gasteiger partial charge is 0.125 e. The van der Waals surface area contributed by atoms with Gasteiger partial charge in [-0.15, -0.1) is 0 Å². The fourth-order valence-electron chi connectivity index (χ4n) is 3.01. The summed E-state index contributed by atoms with van der Waals surface area (Å²) in [4.78, 5) is 8.30. The zero-order valence-electron chi connectivity index (χ0n) is 11.4. The molecule has 1 unspecified atom stereocenters. The minimum atomic E-state index is 0.264. The molecular formula is C15H21N3. The van der Waals surface area contributed by atoms with E-state index in [4.69, 9.17) is 4.98 Å². The number of para-hydroxylation sites is 1. The Hall–Kier alpha value is -1.35. The van der Waals surface area contributed by atoms with E-state index in [0.29, 0.717) is 6.04 Å². The summed E-state index contributed by atoms with van der Waals surface area (Å²) in [5, 5.41) is 3.61. The molecule has 3 heteroatoms. The predicted octanol–water partition coefficient (Wildman–Crippen LogP) is 3.32. The number of nitrogens with zero attached hydrogens (tertiary/aromatic N) is 1. The molecule has 2 N–H and O–H groups in total. The molecule has 1 aromatic heterocycles. The van der Waals surface area contributed by atoms with Crippen LogP contribution in [0.1, 0.15) is 44.1 Å². The summed E-state index contributed by atoms with van der Waals surface area (Å²) in [5.74, 6) is 1.09. The molecule has 3 nitrogen and oxygen atoms in total. The van der Waals surface area contributed by atoms with Gasteiger partial charge in [-0.3, -0.25) is 0 Å². The minimum absolute atomic E-state index is 0.264. The van der Waals surface area contributed by atoms with E-state index in [0.717, 1.165) is 23.4 Å². The van der Waals surface area contributed by atoms with Crippen molar-refractivity contribution in [2.75, 3.05) is 6.54 Å². The van der Waals surface area contributed by atoms with Crippen molar-refractivity contribution in [3.8, 4) is 0 Å². The van der Waals surface area contributed by atoms with Crippen LogP contribution in [0.4, 0.5) is 0 Å². The Morgan fingerprint density at radius 3 is 2.89 bits per heavy atom. The van der Waals surface area contributed by atoms with Crippen molar-refractivity contribution in [2.24, 2.45) is 5.41 Å². The van der Waals surface area contributed by atoms with Crippen LogP contribution in [0.15, 0.2) is 18.2 Å². The molecule has 1 aliphatic rings. The molecule has 1 atom stereocenters. The van der Waals surface area contributed by atoms with Crippen LogP contribution in [-0.2, 0) is 0 Å². The lowest BCUT2D eigenvalue weighted by Gasteiger charge is -2.38. The first-order chi connectivity index (χ1) is 8.58. The Bertz CT molecular complexity index is 568. The molecule has 0 amide bonds. The lowest BCUT2D eigenvalue weighted by atomic mass is 9.77. The maximum Gasteiger partial charge on any atom is 0.125 e. The standard InChI is InChI=1S/C15H21N3/c1-10-6-4-7-11-12(10)18-14(17-11)13-15(2,3)8-5-9-16-13/h4,6-7,13,16H,5,8-9H2,1-3H3,(H,17,18). The van der Waals surface area contributed by atoms with E-state index >= 15 is 0 Å². The summed E-state index contributed by atoms with van der Waals surface area (Å²) in [6.45, 7) is 7.85. The zero-order chi connectivity index (χ0) is 12.8. The quantitative estimate of drug-likeness (QED) is 0.806. The molecule has 3 rings (SSSR count). The number of hydrogen-bond acceptors (Lipinski definition) is 2. The highest BCUT2D eigenvalue weighted by molar-refractivity contribution is 5.78. The number of piperidine rings is 1. The molecule has 1 aliphatic heterocycles. The molecule has 2 heterocycles. The van der Waals surface area contributed by atoms with Gasteiger partial charge in [0.05, 0.1) is 17.1 Å². The van der Waals surface area contributed by atoms with Gasteiger partial charge in [0, 0.05) is 0 Å². The van der Waals surface area contributed by atoms with Crippen molar-refractivity contribution in [2.45, 2.75) is 39.7 Å². The van der Waals surface area contributed by atoms with Gasteiger partial charge < -0.3 is 10.3 Å². The van der Waals surface area contributed by atoms with Gasteiger partial charge in [-0.25, -0.2) is 4.98 Å². The lowest BCUT2D eigenvalue weighted by molar-refractivity contribution is 0.175. The second-order valence-corrected chi connectivity index (χ2v) is 6.07. The van der Waals surface area contributed by atoms with Gasteiger partial charge in [0.15, 0.2) is 0 Å². The molecule has 96 valence electrons. The number of hydrogen-bond donors (Lipinski definition) is 2. The molecule has 0 saturated carbocycles. The SMILES string of the molecule is Cc1cccc2[nH]c(C3NCCCC3(C)C)nc12. The average molecular weight is 243 g/mol. The fourth-order valence-corrected chi connectivity index (χ4v) is 3.01. The van der Waals surface area contributed by atoms with Crippen LogP contribution in [0.5, 0.6) is 0 Å². The van der Waals surface area contributed by atoms with Crippen LogP contribution in [0.3, 0.4) is 0 Å². The maximum atomic E-state index is 4.81. The highest BCUT2D eigenvalue weighted by Crippen LogP contribution is 2.39. The van der Waals surface area contributed by atoms with Crippen molar-refractivity contribution in [1.29, 1.82) is 0 Å². The van der Waals surface area contributed by atoms with Crippen molar-refractivity contribution in [1.82, 2.24) is 15.3 Å². The molecule has 1 aromatic carbocycles. The molecule has 1 fully saturated rings. The monoisotopic (exact) mass is 243 g/mol. The number of benzene rings is 1. The molecular weight excluding hydrogens is 222 g/mol. The van der Waals surface area contributed by atoms with E-state index in [1.54, 1.807) is 0 Å². The number of rotatable bonds is 1. The van der Waals surface area contributed by atoms with Crippen LogP contribution in [0.25, 0.3) is 11.0 Å². The van der Waals surface area contributed by atoms with Crippen LogP contribution in [-0.4, -0.2) is 16.5 Å². The Morgan fingerprint density at radius 2 is 2.17 bits per heavy atom. The van der Waals surface area contributed by atoms with Crippen molar-refractivity contribution < 1.29 is 0 Å². The summed E-state index contributed by atoms with van der Waals surface area (Å²) in [7, 11) is 0. The second-order valence-electron chi connectivity index (χ2n) is 6.07. The minimum Gasteiger partial charge on any atom is -0.341 e. The second kappa shape index (κ2) is 4.09. The normalized spacial score (nSPS) is 23.4. The summed E-state index contributed by atoms with van der Waals surface area (Å²) in [6.07, 6.45) is 2.50. The third-order valence-corrected chi connectivity index (χ3v) is 4.13. The summed E-state index contributed by atoms with van der Waals surface area (Å²) < 4.78 is 0. The van der Waals surface area contributed by atoms with Gasteiger partial charge in [0.1, 0.15) is 5.82 Å². The zero-order valence-corrected chi connectivity index (χ0v) is 11.4. The molecule has 18 heavy (non-hydrogen) atoms. The van der Waals surface area contributed by atoms with Gasteiger partial charge in [-0.05, 0) is 43.4 Å². The number of aromatic nitrogens is 2. The summed E-state index contributed by atoms with van der Waals surface area (Å²) >= 11 is 0. The Balaban J connectivity index is 2.06. The average Bonchev–Trinajstić information content (AvgIpc) is 2.73. The number of aryl methyl sites for hydroxylation is 1. The summed E-state index contributed by atoms with van der Waals surface area (Å²) in [5.41, 5.74) is 3.76. The first kappa shape index (κ1) is 11.7. The third-order valence-electron chi connectivity index (χ3n) is 4.13. The maximum absolute atomic E-state index is 4.81. The van der Waals surface area contributed by atoms with E-state index in [2.05, 4.69) is 49.3 Å². The van der Waals surface area contributed by atoms with E-state index in [9.17, 15) is 0 Å². The van der Waals surface area contributed by atoms with Crippen LogP contribution >= 0.6 is 0 Å². The third kappa shape index (κ3) is 1.83. The highest BCUT2D eigenvalue weighted by atomic mass is 15.0. The van der Waals surface area contributed by atoms with Crippen LogP contribution in [0, 0.1) is 12.3 Å². The topological polar surface area (TPSA) is 40.7 Å². The highest BCUT2D eigenvalue weighted by Gasteiger charge is 2.35. The molecule has 0 spiro atoms. The van der Waals surface area contributed by atoms with E-state index in [1.807, 2.05) is 0 Å². The van der Waals surface area contributed by atoms with Gasteiger partial charge in [0.25, 0.3) is 0 Å². The summed E-state index contributed by atoms with van der Waals surface area (Å²) in [6, 6.07) is 6.64. The van der Waals surface area contributed by atoms with Crippen molar-refractivity contribution in [3.05, 3.63) is 29.6 Å². The van der Waals surface area contributed by atoms with E-state index < -0.39 is 0 Å². The number of nitrogens with one attached hydrogen (secondary N) is 2. The first-order valence-corrected chi connectivity index (χ1v) is 6.76.